The highest BCUT2D eigenvalue weighted by molar-refractivity contribution is 5.71. The summed E-state index contributed by atoms with van der Waals surface area (Å²) in [6.45, 7) is 11.1. The van der Waals surface area contributed by atoms with Gasteiger partial charge in [-0.25, -0.2) is 0 Å². The molecule has 0 aliphatic rings. The van der Waals surface area contributed by atoms with Crippen LogP contribution < -0.4 is 0 Å². The fourth-order valence-electron chi connectivity index (χ4n) is 5.34. The Labute approximate surface area is 272 Å². The molecule has 0 fully saturated rings. The Kier molecular flexibility index (Phi) is 30.3. The summed E-state index contributed by atoms with van der Waals surface area (Å²) in [6.07, 6.45) is 25.6. The molecular formula is C38H72O6. The second-order valence-electron chi connectivity index (χ2n) is 13.8. The van der Waals surface area contributed by atoms with Gasteiger partial charge in [-0.3, -0.25) is 14.4 Å². The molecule has 0 aromatic rings. The molecule has 44 heavy (non-hydrogen) atoms. The van der Waals surface area contributed by atoms with Crippen molar-refractivity contribution < 1.29 is 28.6 Å². The van der Waals surface area contributed by atoms with Gasteiger partial charge >= 0.3 is 17.9 Å². The van der Waals surface area contributed by atoms with E-state index in [9.17, 15) is 14.4 Å². The van der Waals surface area contributed by atoms with Crippen LogP contribution in [0.4, 0.5) is 0 Å². The lowest BCUT2D eigenvalue weighted by molar-refractivity contribution is -0.167. The molecule has 6 heteroatoms. The minimum atomic E-state index is -0.757. The summed E-state index contributed by atoms with van der Waals surface area (Å²) in [4.78, 5) is 37.1. The van der Waals surface area contributed by atoms with Crippen molar-refractivity contribution in [3.05, 3.63) is 0 Å². The lowest BCUT2D eigenvalue weighted by Crippen LogP contribution is -2.30. The van der Waals surface area contributed by atoms with Crippen molar-refractivity contribution in [1.29, 1.82) is 0 Å². The summed E-state index contributed by atoms with van der Waals surface area (Å²) in [7, 11) is 0. The van der Waals surface area contributed by atoms with Crippen LogP contribution in [0.3, 0.4) is 0 Å². The number of rotatable bonds is 32. The Morgan fingerprint density at radius 1 is 0.432 bits per heavy atom. The van der Waals surface area contributed by atoms with Crippen molar-refractivity contribution in [1.82, 2.24) is 0 Å². The number of hydrogen-bond donors (Lipinski definition) is 0. The van der Waals surface area contributed by atoms with E-state index in [1.807, 2.05) is 0 Å². The average molecular weight is 625 g/mol. The Morgan fingerprint density at radius 2 is 0.750 bits per heavy atom. The fraction of sp³-hybridized carbons (Fsp3) is 0.921. The Bertz CT molecular complexity index is 674. The number of carbonyl (C=O) groups is 3. The van der Waals surface area contributed by atoms with E-state index >= 15 is 0 Å². The summed E-state index contributed by atoms with van der Waals surface area (Å²) in [5, 5.41) is 0. The predicted molar refractivity (Wildman–Crippen MR) is 183 cm³/mol. The van der Waals surface area contributed by atoms with Crippen molar-refractivity contribution >= 4 is 17.9 Å². The van der Waals surface area contributed by atoms with Gasteiger partial charge in [-0.15, -0.1) is 0 Å². The van der Waals surface area contributed by atoms with Crippen LogP contribution in [0.2, 0.25) is 0 Å². The zero-order valence-electron chi connectivity index (χ0n) is 29.8. The maximum absolute atomic E-state index is 12.5. The first-order chi connectivity index (χ1) is 21.2. The highest BCUT2D eigenvalue weighted by Crippen LogP contribution is 2.15. The molecule has 260 valence electrons. The molecule has 0 heterocycles. The molecule has 0 saturated heterocycles. The molecule has 0 unspecified atom stereocenters. The van der Waals surface area contributed by atoms with Crippen LogP contribution in [0.5, 0.6) is 0 Å². The van der Waals surface area contributed by atoms with E-state index in [1.54, 1.807) is 0 Å². The summed E-state index contributed by atoms with van der Waals surface area (Å²) in [6, 6.07) is 0. The molecule has 0 saturated carbocycles. The molecule has 0 bridgehead atoms. The van der Waals surface area contributed by atoms with Crippen LogP contribution >= 0.6 is 0 Å². The quantitative estimate of drug-likeness (QED) is 0.0421. The molecule has 0 radical (unpaired) electrons. The normalized spacial score (nSPS) is 12.1. The van der Waals surface area contributed by atoms with Crippen LogP contribution in [0.25, 0.3) is 0 Å². The first-order valence-corrected chi connectivity index (χ1v) is 18.7. The van der Waals surface area contributed by atoms with E-state index in [-0.39, 0.29) is 31.1 Å². The van der Waals surface area contributed by atoms with E-state index in [0.29, 0.717) is 19.3 Å². The van der Waals surface area contributed by atoms with Gasteiger partial charge in [0.1, 0.15) is 13.2 Å². The third kappa shape index (κ3) is 31.8. The first kappa shape index (κ1) is 42.4. The monoisotopic (exact) mass is 625 g/mol. The second kappa shape index (κ2) is 31.4. The van der Waals surface area contributed by atoms with Crippen LogP contribution in [-0.2, 0) is 28.6 Å². The predicted octanol–water partition coefficient (Wildman–Crippen LogP) is 11.1. The van der Waals surface area contributed by atoms with E-state index in [0.717, 1.165) is 76.0 Å². The van der Waals surface area contributed by atoms with Gasteiger partial charge < -0.3 is 14.2 Å². The average Bonchev–Trinajstić information content (AvgIpc) is 2.98. The third-order valence-electron chi connectivity index (χ3n) is 8.22. The van der Waals surface area contributed by atoms with Crippen molar-refractivity contribution in [2.24, 2.45) is 11.8 Å². The van der Waals surface area contributed by atoms with Gasteiger partial charge in [0.2, 0.25) is 0 Å². The number of unbranched alkanes of at least 4 members (excludes halogenated alkanes) is 17. The smallest absolute Gasteiger partial charge is 0.306 e. The van der Waals surface area contributed by atoms with Gasteiger partial charge in [0.25, 0.3) is 0 Å². The van der Waals surface area contributed by atoms with Crippen molar-refractivity contribution in [2.45, 2.75) is 201 Å². The number of ether oxygens (including phenoxy) is 3. The molecule has 0 aliphatic carbocycles. The largest absolute Gasteiger partial charge is 0.462 e. The topological polar surface area (TPSA) is 78.9 Å². The summed E-state index contributed by atoms with van der Waals surface area (Å²) in [5.41, 5.74) is 0. The van der Waals surface area contributed by atoms with Gasteiger partial charge in [-0.05, 0) is 31.1 Å². The highest BCUT2D eigenvalue weighted by atomic mass is 16.6. The fourth-order valence-corrected chi connectivity index (χ4v) is 5.34. The van der Waals surface area contributed by atoms with Crippen LogP contribution in [0, 0.1) is 11.8 Å². The van der Waals surface area contributed by atoms with Gasteiger partial charge in [-0.2, -0.15) is 0 Å². The van der Waals surface area contributed by atoms with Crippen LogP contribution in [-0.4, -0.2) is 37.2 Å². The van der Waals surface area contributed by atoms with E-state index in [2.05, 4.69) is 34.6 Å². The maximum Gasteiger partial charge on any atom is 0.306 e. The molecular weight excluding hydrogens is 552 g/mol. The summed E-state index contributed by atoms with van der Waals surface area (Å²) < 4.78 is 16.5. The number of carbonyl (C=O) groups excluding carboxylic acids is 3. The van der Waals surface area contributed by atoms with Crippen molar-refractivity contribution in [3.8, 4) is 0 Å². The van der Waals surface area contributed by atoms with E-state index in [1.165, 1.54) is 77.0 Å². The first-order valence-electron chi connectivity index (χ1n) is 18.7. The Hall–Kier alpha value is -1.59. The standard InChI is InChI=1S/C38H72O6/c1-6-7-8-16-23-28-36(39)42-31-35(44-38(41)30-25-20-15-11-13-18-22-27-34(4)5)32-43-37(40)29-24-19-14-10-9-12-17-21-26-33(2)3/h33-35H,6-32H2,1-5H3/t35-/m1/s1. The van der Waals surface area contributed by atoms with Crippen molar-refractivity contribution in [2.75, 3.05) is 13.2 Å². The Morgan fingerprint density at radius 3 is 1.11 bits per heavy atom. The van der Waals surface area contributed by atoms with Gasteiger partial charge in [0.05, 0.1) is 0 Å². The number of esters is 3. The molecule has 0 aromatic carbocycles. The van der Waals surface area contributed by atoms with Gasteiger partial charge in [-0.1, -0.05) is 157 Å². The lowest BCUT2D eigenvalue weighted by atomic mass is 10.0. The molecule has 0 spiro atoms. The number of hydrogen-bond acceptors (Lipinski definition) is 6. The van der Waals surface area contributed by atoms with Gasteiger partial charge in [0, 0.05) is 19.3 Å². The van der Waals surface area contributed by atoms with Crippen LogP contribution in [0.1, 0.15) is 195 Å². The van der Waals surface area contributed by atoms with Crippen molar-refractivity contribution in [3.63, 3.8) is 0 Å². The zero-order chi connectivity index (χ0) is 32.7. The summed E-state index contributed by atoms with van der Waals surface area (Å²) >= 11 is 0. The molecule has 0 N–H and O–H groups in total. The minimum absolute atomic E-state index is 0.0683. The lowest BCUT2D eigenvalue weighted by Gasteiger charge is -2.18. The van der Waals surface area contributed by atoms with E-state index in [4.69, 9.17) is 14.2 Å². The molecule has 1 atom stereocenters. The Balaban J connectivity index is 4.30. The minimum Gasteiger partial charge on any atom is -0.462 e. The maximum atomic E-state index is 12.5. The SMILES string of the molecule is CCCCCCCC(=O)OC[C@H](COC(=O)CCCCCCCCCCC(C)C)OC(=O)CCCCCCCCCC(C)C. The molecule has 0 amide bonds. The highest BCUT2D eigenvalue weighted by Gasteiger charge is 2.19. The summed E-state index contributed by atoms with van der Waals surface area (Å²) in [5.74, 6) is 0.688. The van der Waals surface area contributed by atoms with Gasteiger partial charge in [0.15, 0.2) is 6.10 Å². The molecule has 6 nitrogen and oxygen atoms in total. The molecule has 0 aromatic heterocycles. The second-order valence-corrected chi connectivity index (χ2v) is 13.8. The third-order valence-corrected chi connectivity index (χ3v) is 8.22. The van der Waals surface area contributed by atoms with Crippen LogP contribution in [0.15, 0.2) is 0 Å². The molecule has 0 aliphatic heterocycles. The molecule has 0 rings (SSSR count). The van der Waals surface area contributed by atoms with E-state index < -0.39 is 6.10 Å². The zero-order valence-corrected chi connectivity index (χ0v) is 29.8.